The number of ether oxygens (including phenoxy) is 3. The van der Waals surface area contributed by atoms with Gasteiger partial charge in [-0.05, 0) is 48.0 Å². The van der Waals surface area contributed by atoms with E-state index in [-0.39, 0.29) is 17.9 Å². The number of non-ortho nitro benzene ring substituents is 1. The number of hydrogen-bond acceptors (Lipinski definition) is 7. The number of carbonyl (C=O) groups is 1. The summed E-state index contributed by atoms with van der Waals surface area (Å²) in [7, 11) is 3.16. The molecule has 0 saturated heterocycles. The van der Waals surface area contributed by atoms with Crippen LogP contribution in [0.5, 0.6) is 17.2 Å². The molecule has 164 valence electrons. The van der Waals surface area contributed by atoms with Crippen molar-refractivity contribution >= 4 is 17.8 Å². The first kappa shape index (κ1) is 22.3. The quantitative estimate of drug-likeness (QED) is 0.309. The summed E-state index contributed by atoms with van der Waals surface area (Å²) in [6, 6.07) is 17.9. The Kier molecular flexibility index (Phi) is 7.37. The number of nitro groups is 1. The van der Waals surface area contributed by atoms with E-state index >= 15 is 0 Å². The number of amides is 1. The third kappa shape index (κ3) is 5.82. The van der Waals surface area contributed by atoms with Crippen molar-refractivity contribution in [3.05, 3.63) is 93.5 Å². The largest absolute Gasteiger partial charge is 0.497 e. The topological polar surface area (TPSA) is 112 Å². The van der Waals surface area contributed by atoms with Crippen LogP contribution < -0.4 is 19.6 Å². The normalized spacial score (nSPS) is 10.6. The van der Waals surface area contributed by atoms with Gasteiger partial charge < -0.3 is 14.2 Å². The summed E-state index contributed by atoms with van der Waals surface area (Å²) in [4.78, 5) is 22.3. The second-order valence-electron chi connectivity index (χ2n) is 6.54. The molecule has 0 aliphatic carbocycles. The van der Waals surface area contributed by atoms with Gasteiger partial charge in [-0.15, -0.1) is 0 Å². The van der Waals surface area contributed by atoms with Crippen molar-refractivity contribution in [2.45, 2.75) is 6.61 Å². The van der Waals surface area contributed by atoms with Crippen LogP contribution in [0.15, 0.2) is 71.8 Å². The number of benzene rings is 3. The van der Waals surface area contributed by atoms with Crippen LogP contribution in [-0.2, 0) is 6.61 Å². The third-order valence-electron chi connectivity index (χ3n) is 4.46. The molecule has 0 atom stereocenters. The van der Waals surface area contributed by atoms with Crippen LogP contribution in [0.2, 0.25) is 0 Å². The maximum absolute atomic E-state index is 12.2. The van der Waals surface area contributed by atoms with Crippen LogP contribution in [0.4, 0.5) is 5.69 Å². The highest BCUT2D eigenvalue weighted by Gasteiger charge is 2.09. The van der Waals surface area contributed by atoms with Gasteiger partial charge in [0.05, 0.1) is 25.4 Å². The monoisotopic (exact) mass is 435 g/mol. The molecule has 0 bridgehead atoms. The zero-order chi connectivity index (χ0) is 22.9. The minimum Gasteiger partial charge on any atom is -0.497 e. The average Bonchev–Trinajstić information content (AvgIpc) is 2.83. The van der Waals surface area contributed by atoms with Gasteiger partial charge in [0.25, 0.3) is 11.6 Å². The highest BCUT2D eigenvalue weighted by Crippen LogP contribution is 2.24. The summed E-state index contributed by atoms with van der Waals surface area (Å²) >= 11 is 0. The van der Waals surface area contributed by atoms with E-state index < -0.39 is 10.8 Å². The Hall–Kier alpha value is -4.40. The van der Waals surface area contributed by atoms with Crippen molar-refractivity contribution in [3.63, 3.8) is 0 Å². The third-order valence-corrected chi connectivity index (χ3v) is 4.46. The van der Waals surface area contributed by atoms with Crippen LogP contribution in [-0.4, -0.2) is 31.3 Å². The summed E-state index contributed by atoms with van der Waals surface area (Å²) in [5, 5.41) is 14.7. The number of rotatable bonds is 9. The maximum Gasteiger partial charge on any atom is 0.271 e. The van der Waals surface area contributed by atoms with Crippen molar-refractivity contribution < 1.29 is 23.9 Å². The van der Waals surface area contributed by atoms with Crippen molar-refractivity contribution in [2.24, 2.45) is 5.10 Å². The maximum atomic E-state index is 12.2. The van der Waals surface area contributed by atoms with E-state index in [0.717, 1.165) is 11.1 Å². The Labute approximate surface area is 184 Å². The summed E-state index contributed by atoms with van der Waals surface area (Å²) in [5.74, 6) is 1.52. The predicted octanol–water partition coefficient (Wildman–Crippen LogP) is 3.95. The van der Waals surface area contributed by atoms with Gasteiger partial charge in [0.1, 0.15) is 23.9 Å². The second-order valence-corrected chi connectivity index (χ2v) is 6.54. The summed E-state index contributed by atoms with van der Waals surface area (Å²) in [5.41, 5.74) is 4.08. The van der Waals surface area contributed by atoms with Gasteiger partial charge in [-0.1, -0.05) is 6.07 Å². The number of nitrogens with one attached hydrogen (secondary N) is 1. The Balaban J connectivity index is 1.65. The van der Waals surface area contributed by atoms with E-state index in [9.17, 15) is 14.9 Å². The molecule has 0 radical (unpaired) electrons. The van der Waals surface area contributed by atoms with Crippen LogP contribution >= 0.6 is 0 Å². The van der Waals surface area contributed by atoms with Gasteiger partial charge >= 0.3 is 0 Å². The molecule has 0 fully saturated rings. The first-order valence-electron chi connectivity index (χ1n) is 9.52. The molecule has 9 heteroatoms. The van der Waals surface area contributed by atoms with Crippen molar-refractivity contribution in [1.82, 2.24) is 5.43 Å². The summed E-state index contributed by atoms with van der Waals surface area (Å²) in [6.45, 7) is 0.257. The van der Waals surface area contributed by atoms with Gasteiger partial charge in [-0.3, -0.25) is 14.9 Å². The van der Waals surface area contributed by atoms with E-state index in [1.807, 2.05) is 24.3 Å². The lowest BCUT2D eigenvalue weighted by Crippen LogP contribution is -2.17. The molecule has 3 rings (SSSR count). The molecule has 3 aromatic rings. The number of methoxy groups -OCH3 is 2. The van der Waals surface area contributed by atoms with E-state index in [0.29, 0.717) is 17.2 Å². The molecule has 1 N–H and O–H groups in total. The highest BCUT2D eigenvalue weighted by molar-refractivity contribution is 5.95. The number of hydrazone groups is 1. The Bertz CT molecular complexity index is 1130. The number of nitro benzene ring substituents is 1. The molecule has 3 aromatic carbocycles. The van der Waals surface area contributed by atoms with E-state index in [2.05, 4.69) is 10.5 Å². The minimum absolute atomic E-state index is 0.0908. The number of nitrogens with zero attached hydrogens (tertiary/aromatic N) is 2. The molecular formula is C23H21N3O6. The molecule has 0 heterocycles. The van der Waals surface area contributed by atoms with Crippen molar-refractivity contribution in [3.8, 4) is 17.2 Å². The summed E-state index contributed by atoms with van der Waals surface area (Å²) in [6.07, 6.45) is 1.48. The molecule has 9 nitrogen and oxygen atoms in total. The van der Waals surface area contributed by atoms with Crippen LogP contribution in [0.3, 0.4) is 0 Å². The van der Waals surface area contributed by atoms with Crippen molar-refractivity contribution in [1.29, 1.82) is 0 Å². The predicted molar refractivity (Wildman–Crippen MR) is 118 cm³/mol. The van der Waals surface area contributed by atoms with Gasteiger partial charge in [0.15, 0.2) is 0 Å². The van der Waals surface area contributed by atoms with Crippen LogP contribution in [0, 0.1) is 10.1 Å². The second kappa shape index (κ2) is 10.6. The van der Waals surface area contributed by atoms with Crippen LogP contribution in [0.1, 0.15) is 21.5 Å². The van der Waals surface area contributed by atoms with Gasteiger partial charge in [0.2, 0.25) is 0 Å². The molecule has 0 spiro atoms. The van der Waals surface area contributed by atoms with E-state index in [1.54, 1.807) is 32.4 Å². The van der Waals surface area contributed by atoms with E-state index in [1.165, 1.54) is 30.5 Å². The van der Waals surface area contributed by atoms with E-state index in [4.69, 9.17) is 14.2 Å². The lowest BCUT2D eigenvalue weighted by atomic mass is 10.1. The molecule has 0 saturated carbocycles. The Morgan fingerprint density at radius 1 is 1.03 bits per heavy atom. The Morgan fingerprint density at radius 2 is 1.78 bits per heavy atom. The summed E-state index contributed by atoms with van der Waals surface area (Å²) < 4.78 is 16.4. The number of carbonyl (C=O) groups excluding carboxylic acids is 1. The smallest absolute Gasteiger partial charge is 0.271 e. The van der Waals surface area contributed by atoms with Gasteiger partial charge in [0, 0.05) is 29.3 Å². The molecule has 0 aliphatic rings. The van der Waals surface area contributed by atoms with Gasteiger partial charge in [-0.25, -0.2) is 5.43 Å². The van der Waals surface area contributed by atoms with Crippen molar-refractivity contribution in [2.75, 3.05) is 14.2 Å². The fourth-order valence-electron chi connectivity index (χ4n) is 2.81. The SMILES string of the molecule is COc1cccc(OCc2cc(/C=N/NC(=O)c3ccc([N+](=O)[O-])cc3)ccc2OC)c1. The number of hydrogen-bond donors (Lipinski definition) is 1. The fourth-order valence-corrected chi connectivity index (χ4v) is 2.81. The zero-order valence-electron chi connectivity index (χ0n) is 17.5. The average molecular weight is 435 g/mol. The Morgan fingerprint density at radius 3 is 2.47 bits per heavy atom. The van der Waals surface area contributed by atoms with Crippen LogP contribution in [0.25, 0.3) is 0 Å². The minimum atomic E-state index is -0.529. The lowest BCUT2D eigenvalue weighted by Gasteiger charge is -2.12. The first-order valence-corrected chi connectivity index (χ1v) is 9.52. The molecular weight excluding hydrogens is 414 g/mol. The lowest BCUT2D eigenvalue weighted by molar-refractivity contribution is -0.384. The first-order chi connectivity index (χ1) is 15.5. The standard InChI is InChI=1S/C23H21N3O6/c1-30-20-4-3-5-21(13-20)32-15-18-12-16(6-11-22(18)31-2)14-24-25-23(27)17-7-9-19(10-8-17)26(28)29/h3-14H,15H2,1-2H3,(H,25,27)/b24-14+. The highest BCUT2D eigenvalue weighted by atomic mass is 16.6. The molecule has 32 heavy (non-hydrogen) atoms. The van der Waals surface area contributed by atoms with Gasteiger partial charge in [-0.2, -0.15) is 5.10 Å². The molecule has 0 aromatic heterocycles. The molecule has 0 unspecified atom stereocenters. The fraction of sp³-hybridized carbons (Fsp3) is 0.130. The zero-order valence-corrected chi connectivity index (χ0v) is 17.5. The molecule has 0 aliphatic heterocycles. The molecule has 1 amide bonds.